The number of anilines is 6. The van der Waals surface area contributed by atoms with Crippen molar-refractivity contribution >= 4 is 148 Å². The summed E-state index contributed by atoms with van der Waals surface area (Å²) >= 11 is -0.0716. The number of benzene rings is 9. The van der Waals surface area contributed by atoms with Gasteiger partial charge in [-0.1, -0.05) is 0 Å². The van der Waals surface area contributed by atoms with E-state index < -0.39 is 0 Å². The maximum absolute atomic E-state index is 7.27. The van der Waals surface area contributed by atoms with Gasteiger partial charge in [0.05, 0.1) is 0 Å². The minimum atomic E-state index is -0.0726. The van der Waals surface area contributed by atoms with Gasteiger partial charge in [0.15, 0.2) is 0 Å². The molecule has 5 nitrogen and oxygen atoms in total. The van der Waals surface area contributed by atoms with Gasteiger partial charge >= 0.3 is 365 Å². The zero-order chi connectivity index (χ0) is 40.2. The third-order valence-corrected chi connectivity index (χ3v) is 16.0. The summed E-state index contributed by atoms with van der Waals surface area (Å²) in [5.74, 6) is 1.76. The third kappa shape index (κ3) is 4.30. The molecule has 4 aliphatic rings. The van der Waals surface area contributed by atoms with Crippen LogP contribution in [0.3, 0.4) is 0 Å². The topological polar surface area (TPSA) is 42.0 Å². The van der Waals surface area contributed by atoms with Gasteiger partial charge in [-0.05, 0) is 0 Å². The number of hydrogen-bond acceptors (Lipinski definition) is 5. The number of hydrogen-bond donors (Lipinski definition) is 0. The Kier molecular flexibility index (Phi) is 6.53. The molecule has 0 amide bonds. The van der Waals surface area contributed by atoms with E-state index in [2.05, 4.69) is 186 Å². The molecule has 0 radical (unpaired) electrons. The van der Waals surface area contributed by atoms with E-state index in [-0.39, 0.29) is 28.4 Å². The number of rotatable bonds is 2. The van der Waals surface area contributed by atoms with Crippen molar-refractivity contribution in [3.63, 3.8) is 0 Å². The number of nitrogens with zero attached hydrogens (tertiary/aromatic N) is 2. The molecule has 0 bridgehead atoms. The van der Waals surface area contributed by atoms with E-state index in [1.54, 1.807) is 0 Å². The second-order valence-electron chi connectivity index (χ2n) is 16.7. The Labute approximate surface area is 363 Å². The molecule has 0 saturated heterocycles. The summed E-state index contributed by atoms with van der Waals surface area (Å²) in [6.45, 7) is -0.0671. The zero-order valence-corrected chi connectivity index (χ0v) is 34.7. The molecule has 0 spiro atoms. The first-order chi connectivity index (χ1) is 30.8. The second-order valence-corrected chi connectivity index (χ2v) is 18.9. The molecule has 62 heavy (non-hydrogen) atoms. The minimum absolute atomic E-state index is 0.00552. The van der Waals surface area contributed by atoms with Crippen LogP contribution in [0.2, 0.25) is 0 Å². The van der Waals surface area contributed by atoms with Crippen LogP contribution >= 0.6 is 0 Å². The SMILES string of the molecule is c1ccc(N2c3ccccc3B3c4cc5c(cc4[Se]c4c3c2cc2oc3ccccc3c42)Oc2cc3oc4ccccc4c3c3c2B5c2ccccc2N3c2ccccc2)cc1. The van der Waals surface area contributed by atoms with Crippen LogP contribution in [0.25, 0.3) is 43.9 Å². The van der Waals surface area contributed by atoms with Gasteiger partial charge in [0.1, 0.15) is 0 Å². The van der Waals surface area contributed by atoms with Crippen LogP contribution in [-0.2, 0) is 0 Å². The first-order valence-corrected chi connectivity index (χ1v) is 22.9. The summed E-state index contributed by atoms with van der Waals surface area (Å²) in [6, 6.07) is 65.8. The van der Waals surface area contributed by atoms with E-state index in [0.717, 1.165) is 67.4 Å². The van der Waals surface area contributed by atoms with E-state index in [4.69, 9.17) is 13.6 Å². The van der Waals surface area contributed by atoms with E-state index in [1.165, 1.54) is 63.8 Å². The Morgan fingerprint density at radius 1 is 0.403 bits per heavy atom. The van der Waals surface area contributed by atoms with E-state index >= 15 is 0 Å². The molecule has 0 atom stereocenters. The maximum atomic E-state index is 7.27. The first kappa shape index (κ1) is 33.4. The summed E-state index contributed by atoms with van der Waals surface area (Å²) < 4.78 is 23.4. The van der Waals surface area contributed by atoms with Crippen molar-refractivity contribution in [1.29, 1.82) is 0 Å². The predicted octanol–water partition coefficient (Wildman–Crippen LogP) is 8.16. The third-order valence-electron chi connectivity index (χ3n) is 13.5. The molecule has 9 aromatic carbocycles. The van der Waals surface area contributed by atoms with E-state index in [9.17, 15) is 0 Å². The summed E-state index contributed by atoms with van der Waals surface area (Å²) in [7, 11) is 0. The van der Waals surface area contributed by atoms with Crippen molar-refractivity contribution in [2.75, 3.05) is 9.80 Å². The van der Waals surface area contributed by atoms with Crippen molar-refractivity contribution in [3.05, 3.63) is 182 Å². The average molecular weight is 855 g/mol. The Morgan fingerprint density at radius 3 is 1.68 bits per heavy atom. The van der Waals surface area contributed by atoms with Crippen LogP contribution in [0.5, 0.6) is 11.5 Å². The second kappa shape index (κ2) is 12.1. The molecule has 2 aromatic heterocycles. The molecule has 0 fully saturated rings. The van der Waals surface area contributed by atoms with E-state index in [1.807, 2.05) is 6.07 Å². The standard InChI is InChI=1S/C54H30B2N2O3Se/c1-3-15-31(16-4-1)57-39-23-11-9-21-35(39)56-38-27-37-44(30-48(38)62-54-50-34-20-8-14-26-43(34)59-45(50)28-41(57)51(54)56)61-47-29-46-49(33-19-7-13-25-42(33)60-46)53-52(47)55(37)36-22-10-12-24-40(36)58(53)32-17-5-2-6-18-32/h1-30H. The molecular formula is C54H30B2N2O3Se. The van der Waals surface area contributed by atoms with Gasteiger partial charge in [-0.2, -0.15) is 0 Å². The van der Waals surface area contributed by atoms with Crippen LogP contribution in [0, 0.1) is 0 Å². The molecule has 11 aromatic rings. The van der Waals surface area contributed by atoms with Gasteiger partial charge in [0.25, 0.3) is 0 Å². The summed E-state index contributed by atoms with van der Waals surface area (Å²) in [5, 5.41) is 4.60. The number of fused-ring (bicyclic) bond motifs is 16. The molecule has 0 saturated carbocycles. The van der Waals surface area contributed by atoms with Gasteiger partial charge in [-0.15, -0.1) is 0 Å². The fourth-order valence-corrected chi connectivity index (χ4v) is 13.9. The van der Waals surface area contributed by atoms with Crippen molar-refractivity contribution in [3.8, 4) is 11.5 Å². The Balaban J connectivity index is 1.03. The zero-order valence-electron chi connectivity index (χ0n) is 33.0. The van der Waals surface area contributed by atoms with Gasteiger partial charge in [-0.25, -0.2) is 0 Å². The van der Waals surface area contributed by atoms with Gasteiger partial charge < -0.3 is 0 Å². The normalized spacial score (nSPS) is 14.1. The summed E-state index contributed by atoms with van der Waals surface area (Å²) in [6.07, 6.45) is 0. The molecule has 4 aliphatic heterocycles. The molecule has 15 rings (SSSR count). The molecule has 6 heterocycles. The van der Waals surface area contributed by atoms with Crippen LogP contribution < -0.4 is 56.2 Å². The van der Waals surface area contributed by atoms with Gasteiger partial charge in [0.2, 0.25) is 0 Å². The van der Waals surface area contributed by atoms with Crippen molar-refractivity contribution < 1.29 is 13.6 Å². The van der Waals surface area contributed by atoms with Gasteiger partial charge in [0, 0.05) is 0 Å². The molecule has 0 aliphatic carbocycles. The van der Waals surface area contributed by atoms with Crippen LogP contribution in [-0.4, -0.2) is 28.4 Å². The summed E-state index contributed by atoms with van der Waals surface area (Å²) in [4.78, 5) is 4.89. The Morgan fingerprint density at radius 2 is 0.968 bits per heavy atom. The molecular weight excluding hydrogens is 825 g/mol. The summed E-state index contributed by atoms with van der Waals surface area (Å²) in [5.41, 5.74) is 18.1. The van der Waals surface area contributed by atoms with Crippen LogP contribution in [0.4, 0.5) is 34.1 Å². The van der Waals surface area contributed by atoms with Gasteiger partial charge in [-0.3, -0.25) is 0 Å². The number of furan rings is 2. The van der Waals surface area contributed by atoms with Crippen LogP contribution in [0.15, 0.2) is 191 Å². The number of ether oxygens (including phenoxy) is 1. The monoisotopic (exact) mass is 856 g/mol. The fourth-order valence-electron chi connectivity index (χ4n) is 11.1. The Hall–Kier alpha value is -7.37. The van der Waals surface area contributed by atoms with E-state index in [0.29, 0.717) is 0 Å². The number of para-hydroxylation sites is 6. The first-order valence-electron chi connectivity index (χ1n) is 21.1. The van der Waals surface area contributed by atoms with Crippen LogP contribution in [0.1, 0.15) is 0 Å². The molecule has 8 heteroatoms. The van der Waals surface area contributed by atoms with Crippen molar-refractivity contribution in [2.45, 2.75) is 0 Å². The average Bonchev–Trinajstić information content (AvgIpc) is 3.89. The Bertz CT molecular complexity index is 3730. The quantitative estimate of drug-likeness (QED) is 0.164. The molecule has 0 unspecified atom stereocenters. The fraction of sp³-hybridized carbons (Fsp3) is 0. The predicted molar refractivity (Wildman–Crippen MR) is 258 cm³/mol. The molecule has 0 N–H and O–H groups in total. The molecule has 286 valence electrons. The van der Waals surface area contributed by atoms with Crippen molar-refractivity contribution in [2.24, 2.45) is 0 Å². The van der Waals surface area contributed by atoms with Crippen molar-refractivity contribution in [1.82, 2.24) is 0 Å².